The first kappa shape index (κ1) is 14.3. The highest BCUT2D eigenvalue weighted by molar-refractivity contribution is 9.10. The third-order valence-electron chi connectivity index (χ3n) is 2.17. The molecule has 0 aliphatic carbocycles. The van der Waals surface area contributed by atoms with E-state index < -0.39 is 0 Å². The van der Waals surface area contributed by atoms with Crippen molar-refractivity contribution in [2.24, 2.45) is 5.92 Å². The summed E-state index contributed by atoms with van der Waals surface area (Å²) in [7, 11) is 0. The summed E-state index contributed by atoms with van der Waals surface area (Å²) in [5.74, 6) is 1.24. The number of hydrogen-bond acceptors (Lipinski definition) is 3. The van der Waals surface area contributed by atoms with Crippen molar-refractivity contribution in [2.75, 3.05) is 18.0 Å². The Kier molecular flexibility index (Phi) is 5.73. The van der Waals surface area contributed by atoms with E-state index in [4.69, 9.17) is 16.9 Å². The number of rotatable bonds is 5. The third kappa shape index (κ3) is 4.53. The van der Waals surface area contributed by atoms with Crippen LogP contribution in [0.2, 0.25) is 5.02 Å². The second-order valence-electron chi connectivity index (χ2n) is 4.21. The zero-order valence-electron chi connectivity index (χ0n) is 9.95. The predicted octanol–water partition coefficient (Wildman–Crippen LogP) is 3.87. The number of halogens is 2. The Morgan fingerprint density at radius 3 is 2.82 bits per heavy atom. The Morgan fingerprint density at radius 1 is 1.59 bits per heavy atom. The molecule has 0 spiro atoms. The van der Waals surface area contributed by atoms with E-state index in [0.717, 1.165) is 16.8 Å². The largest absolute Gasteiger partial charge is 0.354 e. The quantitative estimate of drug-likeness (QED) is 0.828. The Labute approximate surface area is 116 Å². The van der Waals surface area contributed by atoms with Gasteiger partial charge in [0.1, 0.15) is 5.82 Å². The standard InChI is InChI=1S/C12H15BrClN3/c1-9(2)8-17(5-3-4-15)12-11(14)6-10(13)7-16-12/h6-7,9H,3,5,8H2,1-2H3. The Bertz CT molecular complexity index is 415. The number of nitriles is 1. The maximum absolute atomic E-state index is 8.67. The van der Waals surface area contributed by atoms with Crippen LogP contribution >= 0.6 is 27.5 Å². The highest BCUT2D eigenvalue weighted by Crippen LogP contribution is 2.26. The summed E-state index contributed by atoms with van der Waals surface area (Å²) in [6.07, 6.45) is 2.20. The summed E-state index contributed by atoms with van der Waals surface area (Å²) in [6.45, 7) is 5.76. The molecular weight excluding hydrogens is 302 g/mol. The second-order valence-corrected chi connectivity index (χ2v) is 5.53. The number of pyridine rings is 1. The van der Waals surface area contributed by atoms with Crippen LogP contribution in [0.5, 0.6) is 0 Å². The maximum Gasteiger partial charge on any atom is 0.147 e. The van der Waals surface area contributed by atoms with Crippen LogP contribution in [0.25, 0.3) is 0 Å². The first-order valence-corrected chi connectivity index (χ1v) is 6.64. The lowest BCUT2D eigenvalue weighted by Crippen LogP contribution is -2.29. The molecule has 0 radical (unpaired) electrons. The summed E-state index contributed by atoms with van der Waals surface area (Å²) in [5, 5.41) is 9.28. The van der Waals surface area contributed by atoms with Crippen LogP contribution in [0.4, 0.5) is 5.82 Å². The molecule has 0 atom stereocenters. The molecule has 3 nitrogen and oxygen atoms in total. The zero-order valence-corrected chi connectivity index (χ0v) is 12.3. The van der Waals surface area contributed by atoms with Crippen molar-refractivity contribution >= 4 is 33.3 Å². The van der Waals surface area contributed by atoms with Crippen LogP contribution in [-0.4, -0.2) is 18.1 Å². The predicted molar refractivity (Wildman–Crippen MR) is 74.2 cm³/mol. The van der Waals surface area contributed by atoms with Crippen molar-refractivity contribution in [3.63, 3.8) is 0 Å². The molecule has 1 aromatic rings. The molecule has 17 heavy (non-hydrogen) atoms. The van der Waals surface area contributed by atoms with E-state index >= 15 is 0 Å². The van der Waals surface area contributed by atoms with Crippen LogP contribution in [-0.2, 0) is 0 Å². The topological polar surface area (TPSA) is 39.9 Å². The van der Waals surface area contributed by atoms with Gasteiger partial charge in [-0.3, -0.25) is 0 Å². The molecule has 0 bridgehead atoms. The Balaban J connectivity index is 2.91. The summed E-state index contributed by atoms with van der Waals surface area (Å²) in [4.78, 5) is 6.38. The molecule has 5 heteroatoms. The highest BCUT2D eigenvalue weighted by atomic mass is 79.9. The van der Waals surface area contributed by atoms with Crippen LogP contribution in [0.3, 0.4) is 0 Å². The summed E-state index contributed by atoms with van der Waals surface area (Å²) >= 11 is 9.50. The van der Waals surface area contributed by atoms with Crippen molar-refractivity contribution in [1.82, 2.24) is 4.98 Å². The smallest absolute Gasteiger partial charge is 0.147 e. The van der Waals surface area contributed by atoms with E-state index in [9.17, 15) is 0 Å². The summed E-state index contributed by atoms with van der Waals surface area (Å²) in [6, 6.07) is 3.97. The fourth-order valence-corrected chi connectivity index (χ4v) is 2.30. The molecule has 0 aliphatic heterocycles. The van der Waals surface area contributed by atoms with Crippen LogP contribution in [0, 0.1) is 17.2 Å². The monoisotopic (exact) mass is 315 g/mol. The van der Waals surface area contributed by atoms with Gasteiger partial charge in [-0.1, -0.05) is 25.4 Å². The lowest BCUT2D eigenvalue weighted by Gasteiger charge is -2.25. The average Bonchev–Trinajstić information content (AvgIpc) is 2.24. The van der Waals surface area contributed by atoms with Gasteiger partial charge in [0, 0.05) is 23.8 Å². The normalized spacial score (nSPS) is 10.4. The van der Waals surface area contributed by atoms with Gasteiger partial charge in [-0.2, -0.15) is 5.26 Å². The summed E-state index contributed by atoms with van der Waals surface area (Å²) < 4.78 is 0.857. The molecule has 1 rings (SSSR count). The van der Waals surface area contributed by atoms with Gasteiger partial charge in [-0.25, -0.2) is 4.98 Å². The van der Waals surface area contributed by atoms with Gasteiger partial charge in [-0.05, 0) is 27.9 Å². The van der Waals surface area contributed by atoms with Gasteiger partial charge in [0.15, 0.2) is 0 Å². The van der Waals surface area contributed by atoms with E-state index in [0.29, 0.717) is 23.9 Å². The number of anilines is 1. The SMILES string of the molecule is CC(C)CN(CCC#N)c1ncc(Br)cc1Cl. The van der Waals surface area contributed by atoms with Gasteiger partial charge < -0.3 is 4.90 Å². The van der Waals surface area contributed by atoms with Crippen LogP contribution < -0.4 is 4.90 Å². The molecule has 1 aromatic heterocycles. The molecule has 0 fully saturated rings. The van der Waals surface area contributed by atoms with Crippen molar-refractivity contribution in [3.8, 4) is 6.07 Å². The third-order valence-corrected chi connectivity index (χ3v) is 2.88. The summed E-state index contributed by atoms with van der Waals surface area (Å²) in [5.41, 5.74) is 0. The number of hydrogen-bond donors (Lipinski definition) is 0. The molecule has 0 aliphatic rings. The van der Waals surface area contributed by atoms with Gasteiger partial charge in [0.25, 0.3) is 0 Å². The lowest BCUT2D eigenvalue weighted by atomic mass is 10.2. The van der Waals surface area contributed by atoms with E-state index in [1.165, 1.54) is 0 Å². The van der Waals surface area contributed by atoms with Crippen LogP contribution in [0.1, 0.15) is 20.3 Å². The molecule has 1 heterocycles. The van der Waals surface area contributed by atoms with E-state index in [1.54, 1.807) is 6.20 Å². The van der Waals surface area contributed by atoms with Crippen LogP contribution in [0.15, 0.2) is 16.7 Å². The minimum atomic E-state index is 0.473. The number of aromatic nitrogens is 1. The molecule has 92 valence electrons. The van der Waals surface area contributed by atoms with E-state index in [2.05, 4.69) is 45.7 Å². The molecule has 0 saturated carbocycles. The fraction of sp³-hybridized carbons (Fsp3) is 0.500. The van der Waals surface area contributed by atoms with E-state index in [-0.39, 0.29) is 0 Å². The minimum absolute atomic E-state index is 0.473. The molecule has 0 saturated heterocycles. The second kappa shape index (κ2) is 6.83. The molecule has 0 amide bonds. The van der Waals surface area contributed by atoms with Gasteiger partial charge in [-0.15, -0.1) is 0 Å². The molecule has 0 N–H and O–H groups in total. The Morgan fingerprint density at radius 2 is 2.29 bits per heavy atom. The molecule has 0 unspecified atom stereocenters. The zero-order chi connectivity index (χ0) is 12.8. The molecular formula is C12H15BrClN3. The fourth-order valence-electron chi connectivity index (χ4n) is 1.55. The lowest BCUT2D eigenvalue weighted by molar-refractivity contribution is 0.608. The van der Waals surface area contributed by atoms with Crippen molar-refractivity contribution in [3.05, 3.63) is 21.8 Å². The first-order valence-electron chi connectivity index (χ1n) is 5.47. The average molecular weight is 317 g/mol. The van der Waals surface area contributed by atoms with Crippen molar-refractivity contribution < 1.29 is 0 Å². The minimum Gasteiger partial charge on any atom is -0.354 e. The Hall–Kier alpha value is -0.790. The van der Waals surface area contributed by atoms with E-state index in [1.807, 2.05) is 6.07 Å². The van der Waals surface area contributed by atoms with Gasteiger partial charge in [0.05, 0.1) is 17.5 Å². The molecule has 0 aromatic carbocycles. The number of nitrogens with zero attached hydrogens (tertiary/aromatic N) is 3. The van der Waals surface area contributed by atoms with Gasteiger partial charge >= 0.3 is 0 Å². The highest BCUT2D eigenvalue weighted by Gasteiger charge is 2.13. The van der Waals surface area contributed by atoms with Gasteiger partial charge in [0.2, 0.25) is 0 Å². The first-order chi connectivity index (χ1) is 8.04. The van der Waals surface area contributed by atoms with Crippen molar-refractivity contribution in [1.29, 1.82) is 5.26 Å². The van der Waals surface area contributed by atoms with Crippen molar-refractivity contribution in [2.45, 2.75) is 20.3 Å². The maximum atomic E-state index is 8.67.